The maximum atomic E-state index is 12.9. The summed E-state index contributed by atoms with van der Waals surface area (Å²) < 4.78 is 52.4. The van der Waals surface area contributed by atoms with Crippen molar-refractivity contribution in [2.24, 2.45) is 0 Å². The molecule has 0 saturated carbocycles. The number of nitrogens with zero attached hydrogens (tertiary/aromatic N) is 2. The molecule has 1 amide bonds. The maximum Gasteiger partial charge on any atom is 0.253 e. The van der Waals surface area contributed by atoms with E-state index in [0.29, 0.717) is 49.5 Å². The van der Waals surface area contributed by atoms with Crippen LogP contribution >= 0.6 is 0 Å². The highest BCUT2D eigenvalue weighted by molar-refractivity contribution is 7.92. The minimum atomic E-state index is -3.51. The zero-order chi connectivity index (χ0) is 22.1. The van der Waals surface area contributed by atoms with Crippen molar-refractivity contribution >= 4 is 25.8 Å². The minimum Gasteiger partial charge on any atom is -0.339 e. The SMILES string of the molecule is O=C(c1ccc(S(=O)(=O)N2CCCC2)cc1)N1CCC(S(=O)(=O)c2ccccc2)CC1. The highest BCUT2D eigenvalue weighted by Crippen LogP contribution is 2.26. The Balaban J connectivity index is 1.41. The fourth-order valence-corrected chi connectivity index (χ4v) is 7.47. The van der Waals surface area contributed by atoms with Gasteiger partial charge in [-0.1, -0.05) is 18.2 Å². The number of piperidine rings is 1. The van der Waals surface area contributed by atoms with Gasteiger partial charge in [0.05, 0.1) is 15.0 Å². The lowest BCUT2D eigenvalue weighted by Gasteiger charge is -2.32. The molecule has 2 fully saturated rings. The Bertz CT molecular complexity index is 1130. The van der Waals surface area contributed by atoms with Crippen LogP contribution in [0.5, 0.6) is 0 Å². The van der Waals surface area contributed by atoms with Gasteiger partial charge in [-0.05, 0) is 62.1 Å². The van der Waals surface area contributed by atoms with Crippen molar-refractivity contribution in [3.8, 4) is 0 Å². The molecule has 31 heavy (non-hydrogen) atoms. The Morgan fingerprint density at radius 3 is 1.90 bits per heavy atom. The van der Waals surface area contributed by atoms with Crippen LogP contribution in [0.1, 0.15) is 36.0 Å². The van der Waals surface area contributed by atoms with Crippen molar-refractivity contribution in [1.29, 1.82) is 0 Å². The standard InChI is InChI=1S/C22H26N2O5S2/c25-22(18-8-10-21(11-9-18)31(28,29)24-14-4-5-15-24)23-16-12-20(13-17-23)30(26,27)19-6-2-1-3-7-19/h1-3,6-11,20H,4-5,12-17H2. The van der Waals surface area contributed by atoms with Crippen molar-refractivity contribution < 1.29 is 21.6 Å². The summed E-state index contributed by atoms with van der Waals surface area (Å²) in [5, 5.41) is -0.507. The zero-order valence-electron chi connectivity index (χ0n) is 17.2. The summed E-state index contributed by atoms with van der Waals surface area (Å²) >= 11 is 0. The molecule has 7 nitrogen and oxygen atoms in total. The molecular formula is C22H26N2O5S2. The van der Waals surface area contributed by atoms with Crippen molar-refractivity contribution in [3.63, 3.8) is 0 Å². The quantitative estimate of drug-likeness (QED) is 0.681. The molecule has 0 bridgehead atoms. The lowest BCUT2D eigenvalue weighted by Crippen LogP contribution is -2.42. The Labute approximate surface area is 183 Å². The molecule has 2 aromatic rings. The average molecular weight is 463 g/mol. The first-order chi connectivity index (χ1) is 14.8. The Morgan fingerprint density at radius 1 is 0.742 bits per heavy atom. The molecule has 2 aliphatic rings. The topological polar surface area (TPSA) is 91.8 Å². The van der Waals surface area contributed by atoms with Gasteiger partial charge in [-0.2, -0.15) is 4.31 Å². The van der Waals surface area contributed by atoms with E-state index in [0.717, 1.165) is 12.8 Å². The average Bonchev–Trinajstić information content (AvgIpc) is 3.35. The Kier molecular flexibility index (Phi) is 6.18. The van der Waals surface area contributed by atoms with Crippen LogP contribution in [-0.2, 0) is 19.9 Å². The van der Waals surface area contributed by atoms with Gasteiger partial charge in [0, 0.05) is 31.7 Å². The van der Waals surface area contributed by atoms with Gasteiger partial charge in [-0.15, -0.1) is 0 Å². The third-order valence-corrected chi connectivity index (χ3v) is 10.2. The molecule has 0 radical (unpaired) electrons. The summed E-state index contributed by atoms with van der Waals surface area (Å²) in [7, 11) is -6.93. The van der Waals surface area contributed by atoms with Crippen LogP contribution in [0.3, 0.4) is 0 Å². The van der Waals surface area contributed by atoms with Crippen LogP contribution in [0.2, 0.25) is 0 Å². The molecule has 0 N–H and O–H groups in total. The van der Waals surface area contributed by atoms with Crippen LogP contribution in [-0.4, -0.2) is 63.4 Å². The van der Waals surface area contributed by atoms with Crippen LogP contribution < -0.4 is 0 Å². The molecule has 0 aliphatic carbocycles. The predicted molar refractivity (Wildman–Crippen MR) is 117 cm³/mol. The van der Waals surface area contributed by atoms with E-state index in [1.54, 1.807) is 35.2 Å². The third kappa shape index (κ3) is 4.40. The van der Waals surface area contributed by atoms with Gasteiger partial charge < -0.3 is 4.90 Å². The first kappa shape index (κ1) is 22.0. The molecule has 166 valence electrons. The number of likely N-dealkylation sites (tertiary alicyclic amines) is 1. The molecule has 9 heteroatoms. The van der Waals surface area contributed by atoms with Crippen LogP contribution in [0, 0.1) is 0 Å². The first-order valence-corrected chi connectivity index (χ1v) is 13.5. The third-order valence-electron chi connectivity index (χ3n) is 6.04. The van der Waals surface area contributed by atoms with Crippen molar-refractivity contribution in [1.82, 2.24) is 9.21 Å². The molecular weight excluding hydrogens is 436 g/mol. The highest BCUT2D eigenvalue weighted by Gasteiger charge is 2.33. The van der Waals surface area contributed by atoms with Crippen molar-refractivity contribution in [2.75, 3.05) is 26.2 Å². The summed E-state index contributed by atoms with van der Waals surface area (Å²) in [6.45, 7) is 1.76. The number of carbonyl (C=O) groups excluding carboxylic acids is 1. The Hall–Kier alpha value is -2.23. The van der Waals surface area contributed by atoms with Crippen LogP contribution in [0.15, 0.2) is 64.4 Å². The lowest BCUT2D eigenvalue weighted by molar-refractivity contribution is 0.0725. The van der Waals surface area contributed by atoms with E-state index in [1.807, 2.05) is 0 Å². The van der Waals surface area contributed by atoms with E-state index in [4.69, 9.17) is 0 Å². The molecule has 2 aromatic carbocycles. The van der Waals surface area contributed by atoms with E-state index < -0.39 is 25.1 Å². The molecule has 0 spiro atoms. The normalized spacial score (nSPS) is 18.9. The maximum absolute atomic E-state index is 12.9. The molecule has 2 saturated heterocycles. The number of hydrogen-bond donors (Lipinski definition) is 0. The smallest absolute Gasteiger partial charge is 0.253 e. The van der Waals surface area contributed by atoms with Gasteiger partial charge in [0.15, 0.2) is 9.84 Å². The van der Waals surface area contributed by atoms with Gasteiger partial charge in [0.1, 0.15) is 0 Å². The molecule has 0 atom stereocenters. The van der Waals surface area contributed by atoms with E-state index in [1.165, 1.54) is 28.6 Å². The highest BCUT2D eigenvalue weighted by atomic mass is 32.2. The van der Waals surface area contributed by atoms with E-state index in [9.17, 15) is 21.6 Å². The second-order valence-corrected chi connectivity index (χ2v) is 12.2. The summed E-state index contributed by atoms with van der Waals surface area (Å²) in [5.74, 6) is -0.208. The number of carbonyl (C=O) groups is 1. The number of sulfone groups is 1. The van der Waals surface area contributed by atoms with Gasteiger partial charge >= 0.3 is 0 Å². The Morgan fingerprint density at radius 2 is 1.32 bits per heavy atom. The fourth-order valence-electron chi connectivity index (χ4n) is 4.20. The second-order valence-electron chi connectivity index (χ2n) is 7.99. The first-order valence-electron chi connectivity index (χ1n) is 10.5. The number of rotatable bonds is 5. The van der Waals surface area contributed by atoms with Gasteiger partial charge in [-0.3, -0.25) is 4.79 Å². The van der Waals surface area contributed by atoms with E-state index >= 15 is 0 Å². The molecule has 0 aromatic heterocycles. The number of sulfonamides is 1. The number of amides is 1. The van der Waals surface area contributed by atoms with E-state index in [2.05, 4.69) is 0 Å². The molecule has 4 rings (SSSR count). The zero-order valence-corrected chi connectivity index (χ0v) is 18.8. The largest absolute Gasteiger partial charge is 0.339 e. The summed E-state index contributed by atoms with van der Waals surface area (Å²) in [4.78, 5) is 15.0. The van der Waals surface area contributed by atoms with Crippen LogP contribution in [0.25, 0.3) is 0 Å². The molecule has 0 unspecified atom stereocenters. The second kappa shape index (κ2) is 8.72. The summed E-state index contributed by atoms with van der Waals surface area (Å²) in [6, 6.07) is 14.4. The monoisotopic (exact) mass is 462 g/mol. The summed E-state index contributed by atoms with van der Waals surface area (Å²) in [5.41, 5.74) is 0.407. The minimum absolute atomic E-state index is 0.193. The van der Waals surface area contributed by atoms with Gasteiger partial charge in [-0.25, -0.2) is 16.8 Å². The number of hydrogen-bond acceptors (Lipinski definition) is 5. The van der Waals surface area contributed by atoms with E-state index in [-0.39, 0.29) is 10.8 Å². The van der Waals surface area contributed by atoms with Crippen molar-refractivity contribution in [2.45, 2.75) is 40.7 Å². The van der Waals surface area contributed by atoms with Gasteiger partial charge in [0.25, 0.3) is 5.91 Å². The summed E-state index contributed by atoms with van der Waals surface area (Å²) in [6.07, 6.45) is 2.49. The van der Waals surface area contributed by atoms with Crippen LogP contribution in [0.4, 0.5) is 0 Å². The lowest BCUT2D eigenvalue weighted by atomic mass is 10.1. The number of benzene rings is 2. The van der Waals surface area contributed by atoms with Gasteiger partial charge in [0.2, 0.25) is 10.0 Å². The predicted octanol–water partition coefficient (Wildman–Crippen LogP) is 2.55. The molecule has 2 heterocycles. The fraction of sp³-hybridized carbons (Fsp3) is 0.409. The molecule has 2 aliphatic heterocycles. The van der Waals surface area contributed by atoms with Crippen molar-refractivity contribution in [3.05, 3.63) is 60.2 Å².